The van der Waals surface area contributed by atoms with Gasteiger partial charge in [-0.05, 0) is 31.2 Å². The van der Waals surface area contributed by atoms with Crippen LogP contribution in [0.25, 0.3) is 0 Å². The number of hydrogen-bond acceptors (Lipinski definition) is 4. The first-order chi connectivity index (χ1) is 13.4. The third-order valence-electron chi connectivity index (χ3n) is 5.55. The normalized spacial score (nSPS) is 22.9. The van der Waals surface area contributed by atoms with E-state index in [0.29, 0.717) is 5.82 Å². The molecule has 1 aromatic carbocycles. The predicted octanol–water partition coefficient (Wildman–Crippen LogP) is 1.35. The predicted molar refractivity (Wildman–Crippen MR) is 101 cm³/mol. The van der Waals surface area contributed by atoms with E-state index >= 15 is 0 Å². The fourth-order valence-corrected chi connectivity index (χ4v) is 3.74. The highest BCUT2D eigenvalue weighted by Gasteiger charge is 2.56. The van der Waals surface area contributed by atoms with Crippen molar-refractivity contribution in [2.75, 3.05) is 6.54 Å². The van der Waals surface area contributed by atoms with Crippen LogP contribution in [0.2, 0.25) is 0 Å². The lowest BCUT2D eigenvalue weighted by molar-refractivity contribution is -0.135. The Morgan fingerprint density at radius 1 is 1.32 bits per heavy atom. The SMILES string of the molecule is Cn1ccnc1[C@@H](NC(=O)CN1C(=O)N[C@](C)(C2CC2)C1=O)c1ccccc1. The Hall–Kier alpha value is -3.16. The summed E-state index contributed by atoms with van der Waals surface area (Å²) in [7, 11) is 1.85. The minimum atomic E-state index is -0.893. The highest BCUT2D eigenvalue weighted by Crippen LogP contribution is 2.42. The van der Waals surface area contributed by atoms with E-state index in [-0.39, 0.29) is 18.4 Å². The molecule has 8 nitrogen and oxygen atoms in total. The molecule has 8 heteroatoms. The molecule has 1 saturated carbocycles. The zero-order valence-electron chi connectivity index (χ0n) is 15.9. The number of carbonyl (C=O) groups excluding carboxylic acids is 3. The van der Waals surface area contributed by atoms with Gasteiger partial charge in [0.2, 0.25) is 5.91 Å². The topological polar surface area (TPSA) is 96.3 Å². The van der Waals surface area contributed by atoms with Crippen LogP contribution in [-0.2, 0) is 16.6 Å². The lowest BCUT2D eigenvalue weighted by atomic mass is 9.96. The first-order valence-electron chi connectivity index (χ1n) is 9.36. The van der Waals surface area contributed by atoms with E-state index in [1.165, 1.54) is 0 Å². The highest BCUT2D eigenvalue weighted by atomic mass is 16.2. The molecule has 1 saturated heterocycles. The van der Waals surface area contributed by atoms with Gasteiger partial charge in [0.05, 0.1) is 0 Å². The zero-order chi connectivity index (χ0) is 19.9. The average Bonchev–Trinajstić information content (AvgIpc) is 3.42. The number of imidazole rings is 1. The summed E-state index contributed by atoms with van der Waals surface area (Å²) in [4.78, 5) is 43.2. The summed E-state index contributed by atoms with van der Waals surface area (Å²) >= 11 is 0. The van der Waals surface area contributed by atoms with E-state index in [9.17, 15) is 14.4 Å². The van der Waals surface area contributed by atoms with Gasteiger partial charge in [0.15, 0.2) is 0 Å². The van der Waals surface area contributed by atoms with Gasteiger partial charge in [-0.15, -0.1) is 0 Å². The summed E-state index contributed by atoms with van der Waals surface area (Å²) in [6.45, 7) is 1.42. The molecule has 28 heavy (non-hydrogen) atoms. The zero-order valence-corrected chi connectivity index (χ0v) is 15.9. The number of aryl methyl sites for hydroxylation is 1. The van der Waals surface area contributed by atoms with Gasteiger partial charge in [0.1, 0.15) is 23.9 Å². The van der Waals surface area contributed by atoms with Crippen molar-refractivity contribution in [2.45, 2.75) is 31.3 Å². The van der Waals surface area contributed by atoms with Crippen molar-refractivity contribution < 1.29 is 14.4 Å². The van der Waals surface area contributed by atoms with Crippen LogP contribution in [0.15, 0.2) is 42.7 Å². The molecule has 2 heterocycles. The van der Waals surface area contributed by atoms with Gasteiger partial charge in [-0.25, -0.2) is 9.78 Å². The number of nitrogens with zero attached hydrogens (tertiary/aromatic N) is 3. The largest absolute Gasteiger partial charge is 0.341 e. The lowest BCUT2D eigenvalue weighted by Crippen LogP contribution is -2.47. The Kier molecular flexibility index (Phi) is 4.41. The Labute approximate surface area is 162 Å². The third kappa shape index (κ3) is 3.15. The third-order valence-corrected chi connectivity index (χ3v) is 5.55. The summed E-state index contributed by atoms with van der Waals surface area (Å²) in [5.74, 6) is 0.0741. The number of rotatable bonds is 6. The fraction of sp³-hybridized carbons (Fsp3) is 0.400. The van der Waals surface area contributed by atoms with E-state index in [1.54, 1.807) is 19.3 Å². The van der Waals surface area contributed by atoms with Gasteiger partial charge < -0.3 is 15.2 Å². The smallest absolute Gasteiger partial charge is 0.325 e. The molecule has 0 unspecified atom stereocenters. The fourth-order valence-electron chi connectivity index (χ4n) is 3.74. The van der Waals surface area contributed by atoms with Crippen LogP contribution in [0, 0.1) is 5.92 Å². The van der Waals surface area contributed by atoms with E-state index in [1.807, 2.05) is 41.9 Å². The molecule has 1 aromatic heterocycles. The maximum Gasteiger partial charge on any atom is 0.325 e. The van der Waals surface area contributed by atoms with E-state index in [4.69, 9.17) is 0 Å². The quantitative estimate of drug-likeness (QED) is 0.738. The van der Waals surface area contributed by atoms with Crippen LogP contribution in [0.5, 0.6) is 0 Å². The Bertz CT molecular complexity index is 921. The molecular weight excluding hydrogens is 358 g/mol. The molecule has 0 spiro atoms. The molecule has 4 amide bonds. The monoisotopic (exact) mass is 381 g/mol. The first kappa shape index (κ1) is 18.2. The number of amides is 4. The van der Waals surface area contributed by atoms with Gasteiger partial charge in [-0.3, -0.25) is 14.5 Å². The Morgan fingerprint density at radius 2 is 2.04 bits per heavy atom. The average molecular weight is 381 g/mol. The van der Waals surface area contributed by atoms with Gasteiger partial charge in [0, 0.05) is 19.4 Å². The summed E-state index contributed by atoms with van der Waals surface area (Å²) in [5.41, 5.74) is -0.0271. The summed E-state index contributed by atoms with van der Waals surface area (Å²) < 4.78 is 1.83. The van der Waals surface area contributed by atoms with Gasteiger partial charge in [-0.2, -0.15) is 0 Å². The molecular formula is C20H23N5O3. The van der Waals surface area contributed by atoms with Gasteiger partial charge in [-0.1, -0.05) is 30.3 Å². The maximum atomic E-state index is 12.8. The minimum Gasteiger partial charge on any atom is -0.341 e. The van der Waals surface area contributed by atoms with Crippen molar-refractivity contribution in [1.29, 1.82) is 0 Å². The van der Waals surface area contributed by atoms with Gasteiger partial charge in [0.25, 0.3) is 5.91 Å². The van der Waals surface area contributed by atoms with Crippen LogP contribution in [0.3, 0.4) is 0 Å². The lowest BCUT2D eigenvalue weighted by Gasteiger charge is -2.22. The molecule has 2 atom stereocenters. The number of imide groups is 1. The summed E-state index contributed by atoms with van der Waals surface area (Å²) in [6.07, 6.45) is 5.29. The molecule has 2 fully saturated rings. The van der Waals surface area contributed by atoms with Crippen molar-refractivity contribution in [1.82, 2.24) is 25.1 Å². The maximum absolute atomic E-state index is 12.8. The van der Waals surface area contributed by atoms with Crippen molar-refractivity contribution in [3.8, 4) is 0 Å². The number of hydrogen-bond donors (Lipinski definition) is 2. The molecule has 1 aliphatic heterocycles. The second-order valence-corrected chi connectivity index (χ2v) is 7.61. The molecule has 4 rings (SSSR count). The van der Waals surface area contributed by atoms with Crippen LogP contribution in [0.4, 0.5) is 4.79 Å². The standard InChI is InChI=1S/C20H23N5O3/c1-20(14-8-9-14)18(27)25(19(28)23-20)12-15(26)22-16(13-6-4-3-5-7-13)17-21-10-11-24(17)2/h3-7,10-11,14,16H,8-9,12H2,1-2H3,(H,22,26)(H,23,28)/t16-,20+/m0/s1. The van der Waals surface area contributed by atoms with Crippen LogP contribution < -0.4 is 10.6 Å². The number of urea groups is 1. The van der Waals surface area contributed by atoms with Crippen molar-refractivity contribution >= 4 is 17.8 Å². The number of aromatic nitrogens is 2. The second-order valence-electron chi connectivity index (χ2n) is 7.61. The van der Waals surface area contributed by atoms with E-state index in [0.717, 1.165) is 23.3 Å². The van der Waals surface area contributed by atoms with Crippen molar-refractivity contribution in [2.24, 2.45) is 13.0 Å². The molecule has 0 bridgehead atoms. The number of benzene rings is 1. The Morgan fingerprint density at radius 3 is 2.64 bits per heavy atom. The van der Waals surface area contributed by atoms with E-state index < -0.39 is 23.5 Å². The molecule has 0 radical (unpaired) electrons. The molecule has 2 N–H and O–H groups in total. The van der Waals surface area contributed by atoms with Crippen LogP contribution >= 0.6 is 0 Å². The van der Waals surface area contributed by atoms with Gasteiger partial charge >= 0.3 is 6.03 Å². The molecule has 1 aliphatic carbocycles. The van der Waals surface area contributed by atoms with E-state index in [2.05, 4.69) is 15.6 Å². The second kappa shape index (κ2) is 6.78. The molecule has 2 aliphatic rings. The molecule has 2 aromatic rings. The first-order valence-corrected chi connectivity index (χ1v) is 9.36. The van der Waals surface area contributed by atoms with Crippen molar-refractivity contribution in [3.63, 3.8) is 0 Å². The summed E-state index contributed by atoms with van der Waals surface area (Å²) in [6, 6.07) is 8.47. The minimum absolute atomic E-state index is 0.154. The summed E-state index contributed by atoms with van der Waals surface area (Å²) in [5, 5.41) is 5.68. The van der Waals surface area contributed by atoms with Crippen molar-refractivity contribution in [3.05, 3.63) is 54.1 Å². The number of carbonyl (C=O) groups is 3. The number of nitrogens with one attached hydrogen (secondary N) is 2. The molecule has 146 valence electrons. The van der Waals surface area contributed by atoms with Crippen LogP contribution in [0.1, 0.15) is 37.2 Å². The Balaban J connectivity index is 1.52. The highest BCUT2D eigenvalue weighted by molar-refractivity contribution is 6.09. The van der Waals surface area contributed by atoms with Crippen LogP contribution in [-0.4, -0.2) is 44.4 Å².